The van der Waals surface area contributed by atoms with E-state index < -0.39 is 10.0 Å². The van der Waals surface area contributed by atoms with Gasteiger partial charge >= 0.3 is 0 Å². The topological polar surface area (TPSA) is 69.7 Å². The Kier molecular flexibility index (Phi) is 5.02. The van der Waals surface area contributed by atoms with Gasteiger partial charge in [0.05, 0.1) is 22.0 Å². The van der Waals surface area contributed by atoms with E-state index in [4.69, 9.17) is 0 Å². The van der Waals surface area contributed by atoms with E-state index in [0.29, 0.717) is 11.7 Å². The molecule has 2 aliphatic rings. The molecule has 1 atom stereocenters. The van der Waals surface area contributed by atoms with E-state index in [0.717, 1.165) is 42.6 Å². The Morgan fingerprint density at radius 3 is 2.31 bits per heavy atom. The van der Waals surface area contributed by atoms with E-state index in [1.807, 2.05) is 26.0 Å². The van der Waals surface area contributed by atoms with Gasteiger partial charge in [0.2, 0.25) is 5.91 Å². The fourth-order valence-electron chi connectivity index (χ4n) is 4.43. The first-order valence-corrected chi connectivity index (χ1v) is 11.6. The summed E-state index contributed by atoms with van der Waals surface area (Å²) in [6, 6.07) is 12.2. The number of nitrogens with one attached hydrogen (secondary N) is 1. The molecule has 7 heteroatoms. The van der Waals surface area contributed by atoms with Gasteiger partial charge in [0.1, 0.15) is 6.04 Å². The van der Waals surface area contributed by atoms with Crippen LogP contribution in [0.2, 0.25) is 0 Å². The molecule has 1 amide bonds. The molecule has 2 aromatic carbocycles. The lowest BCUT2D eigenvalue weighted by Crippen LogP contribution is -2.54. The van der Waals surface area contributed by atoms with Crippen LogP contribution >= 0.6 is 0 Å². The first-order valence-electron chi connectivity index (χ1n) is 10.1. The Morgan fingerprint density at radius 2 is 1.66 bits per heavy atom. The summed E-state index contributed by atoms with van der Waals surface area (Å²) in [4.78, 5) is 16.8. The van der Waals surface area contributed by atoms with Crippen molar-refractivity contribution in [2.75, 3.05) is 21.6 Å². The summed E-state index contributed by atoms with van der Waals surface area (Å²) < 4.78 is 28.3. The highest BCUT2D eigenvalue weighted by molar-refractivity contribution is 7.92. The maximum absolute atomic E-state index is 12.8. The van der Waals surface area contributed by atoms with Gasteiger partial charge in [-0.15, -0.1) is 0 Å². The number of hydrogen-bond acceptors (Lipinski definition) is 4. The van der Waals surface area contributed by atoms with E-state index in [-0.39, 0.29) is 16.8 Å². The fraction of sp³-hybridized carbons (Fsp3) is 0.409. The first-order chi connectivity index (χ1) is 13.8. The zero-order valence-corrected chi connectivity index (χ0v) is 17.9. The summed E-state index contributed by atoms with van der Waals surface area (Å²) >= 11 is 0. The summed E-state index contributed by atoms with van der Waals surface area (Å²) in [6.45, 7) is 3.85. The third-order valence-corrected chi connectivity index (χ3v) is 7.42. The van der Waals surface area contributed by atoms with Crippen LogP contribution in [0.3, 0.4) is 0 Å². The highest BCUT2D eigenvalue weighted by Gasteiger charge is 2.38. The van der Waals surface area contributed by atoms with Crippen molar-refractivity contribution in [3.8, 4) is 0 Å². The molecule has 1 heterocycles. The number of nitrogens with zero attached hydrogens (tertiary/aromatic N) is 2. The Balaban J connectivity index is 1.71. The Labute approximate surface area is 172 Å². The Bertz CT molecular complexity index is 1030. The molecule has 0 saturated heterocycles. The number of sulfonamides is 1. The van der Waals surface area contributed by atoms with E-state index in [1.54, 1.807) is 42.3 Å². The van der Waals surface area contributed by atoms with Crippen molar-refractivity contribution in [1.82, 2.24) is 0 Å². The number of likely N-dealkylation sites (N-methyl/N-ethyl adjacent to an activating group) is 1. The lowest BCUT2D eigenvalue weighted by atomic mass is 10.0. The Hall–Kier alpha value is -2.54. The van der Waals surface area contributed by atoms with Crippen LogP contribution in [-0.2, 0) is 14.8 Å². The van der Waals surface area contributed by atoms with Gasteiger partial charge in [0.15, 0.2) is 0 Å². The molecule has 154 valence electrons. The van der Waals surface area contributed by atoms with Crippen molar-refractivity contribution in [2.45, 2.75) is 56.5 Å². The van der Waals surface area contributed by atoms with Gasteiger partial charge in [0, 0.05) is 13.1 Å². The largest absolute Gasteiger partial charge is 0.355 e. The van der Waals surface area contributed by atoms with Crippen LogP contribution in [0.25, 0.3) is 0 Å². The summed E-state index contributed by atoms with van der Waals surface area (Å²) in [5.41, 5.74) is 3.24. The average Bonchev–Trinajstić information content (AvgIpc) is 3.21. The quantitative estimate of drug-likeness (QED) is 0.825. The predicted molar refractivity (Wildman–Crippen MR) is 116 cm³/mol. The molecule has 1 saturated carbocycles. The van der Waals surface area contributed by atoms with E-state index >= 15 is 0 Å². The van der Waals surface area contributed by atoms with Gasteiger partial charge in [-0.25, -0.2) is 8.42 Å². The van der Waals surface area contributed by atoms with Crippen molar-refractivity contribution in [2.24, 2.45) is 0 Å². The molecular weight excluding hydrogens is 386 g/mol. The lowest BCUT2D eigenvalue weighted by Gasteiger charge is -2.43. The number of carbonyl (C=O) groups excluding carboxylic acids is 1. The second-order valence-corrected chi connectivity index (χ2v) is 9.72. The highest BCUT2D eigenvalue weighted by atomic mass is 32.2. The molecule has 1 N–H and O–H groups in total. The van der Waals surface area contributed by atoms with Crippen molar-refractivity contribution in [3.63, 3.8) is 0 Å². The minimum absolute atomic E-state index is 0.0670. The van der Waals surface area contributed by atoms with E-state index in [2.05, 4.69) is 9.62 Å². The van der Waals surface area contributed by atoms with Gasteiger partial charge < -0.3 is 9.80 Å². The van der Waals surface area contributed by atoms with Crippen LogP contribution in [0.1, 0.15) is 38.2 Å². The SMILES string of the molecule is Cc1ccc(S(=O)(=O)Nc2ccc3c(c2)N(C2CCCC2)C(C)C(=O)N3C)cc1. The number of fused-ring (bicyclic) bond motifs is 1. The number of aryl methyl sites for hydroxylation is 1. The minimum Gasteiger partial charge on any atom is -0.355 e. The number of anilines is 3. The molecule has 1 unspecified atom stereocenters. The average molecular weight is 414 g/mol. The first kappa shape index (κ1) is 19.8. The van der Waals surface area contributed by atoms with Crippen LogP contribution in [0.15, 0.2) is 47.4 Å². The van der Waals surface area contributed by atoms with Gasteiger partial charge in [-0.2, -0.15) is 0 Å². The molecule has 1 aliphatic carbocycles. The second kappa shape index (κ2) is 7.37. The van der Waals surface area contributed by atoms with Crippen molar-refractivity contribution < 1.29 is 13.2 Å². The maximum Gasteiger partial charge on any atom is 0.261 e. The van der Waals surface area contributed by atoms with Gasteiger partial charge in [-0.05, 0) is 57.0 Å². The number of hydrogen-bond donors (Lipinski definition) is 1. The fourth-order valence-corrected chi connectivity index (χ4v) is 5.48. The maximum atomic E-state index is 12.8. The van der Waals surface area contributed by atoms with Crippen LogP contribution < -0.4 is 14.5 Å². The van der Waals surface area contributed by atoms with Crippen molar-refractivity contribution in [1.29, 1.82) is 0 Å². The Morgan fingerprint density at radius 1 is 1.00 bits per heavy atom. The summed E-state index contributed by atoms with van der Waals surface area (Å²) in [5, 5.41) is 0. The van der Waals surface area contributed by atoms with Crippen LogP contribution in [0, 0.1) is 6.92 Å². The van der Waals surface area contributed by atoms with Crippen molar-refractivity contribution in [3.05, 3.63) is 48.0 Å². The van der Waals surface area contributed by atoms with Gasteiger partial charge in [0.25, 0.3) is 10.0 Å². The molecule has 6 nitrogen and oxygen atoms in total. The summed E-state index contributed by atoms with van der Waals surface area (Å²) in [5.74, 6) is 0.0670. The summed E-state index contributed by atoms with van der Waals surface area (Å²) in [6.07, 6.45) is 4.43. The number of rotatable bonds is 4. The number of carbonyl (C=O) groups is 1. The van der Waals surface area contributed by atoms with Gasteiger partial charge in [-0.1, -0.05) is 30.5 Å². The third kappa shape index (κ3) is 3.59. The molecule has 1 fully saturated rings. The monoisotopic (exact) mass is 413 g/mol. The molecule has 4 rings (SSSR count). The molecule has 0 spiro atoms. The zero-order valence-electron chi connectivity index (χ0n) is 17.1. The van der Waals surface area contributed by atoms with E-state index in [9.17, 15) is 13.2 Å². The molecule has 0 aromatic heterocycles. The zero-order chi connectivity index (χ0) is 20.8. The highest BCUT2D eigenvalue weighted by Crippen LogP contribution is 2.41. The molecule has 0 bridgehead atoms. The standard InChI is InChI=1S/C22H27N3O3S/c1-15-8-11-19(12-9-15)29(27,28)23-17-10-13-20-21(14-17)25(18-6-4-5-7-18)16(2)22(26)24(20)3/h8-14,16,18,23H,4-7H2,1-3H3. The van der Waals surface area contributed by atoms with Crippen molar-refractivity contribution >= 4 is 33.0 Å². The number of benzene rings is 2. The number of amides is 1. The molecule has 1 aliphatic heterocycles. The minimum atomic E-state index is -3.68. The van der Waals surface area contributed by atoms with E-state index in [1.165, 1.54) is 0 Å². The summed E-state index contributed by atoms with van der Waals surface area (Å²) in [7, 11) is -1.90. The van der Waals surface area contributed by atoms with Crippen LogP contribution in [0.5, 0.6) is 0 Å². The normalized spacial score (nSPS) is 20.1. The smallest absolute Gasteiger partial charge is 0.261 e. The third-order valence-electron chi connectivity index (χ3n) is 6.02. The molecule has 29 heavy (non-hydrogen) atoms. The lowest BCUT2D eigenvalue weighted by molar-refractivity contribution is -0.119. The molecular formula is C22H27N3O3S. The van der Waals surface area contributed by atoms with Crippen LogP contribution in [-0.4, -0.2) is 33.5 Å². The predicted octanol–water partition coefficient (Wildman–Crippen LogP) is 3.91. The molecule has 2 aromatic rings. The van der Waals surface area contributed by atoms with Gasteiger partial charge in [-0.3, -0.25) is 9.52 Å². The molecule has 0 radical (unpaired) electrons. The van der Waals surface area contributed by atoms with Crippen LogP contribution in [0.4, 0.5) is 17.1 Å². The second-order valence-electron chi connectivity index (χ2n) is 8.04.